The first-order chi connectivity index (χ1) is 8.09. The Labute approximate surface area is 104 Å². The normalized spacial score (nSPS) is 13.2. The summed E-state index contributed by atoms with van der Waals surface area (Å²) >= 11 is 0. The van der Waals surface area contributed by atoms with Crippen LogP contribution in [0.5, 0.6) is 0 Å². The van der Waals surface area contributed by atoms with Crippen molar-refractivity contribution in [3.8, 4) is 0 Å². The first-order valence-electron chi connectivity index (χ1n) is 6.10. The van der Waals surface area contributed by atoms with E-state index >= 15 is 0 Å². The standard InChI is InChI=1S/C15H22N2/c1-12(2)16-11-10-13(3)14(4)17-15-8-6-5-7-9-15/h5-10,12,16H,11H2,1-4H3. The smallest absolute Gasteiger partial charge is 0.0632 e. The van der Waals surface area contributed by atoms with Gasteiger partial charge in [0.2, 0.25) is 0 Å². The van der Waals surface area contributed by atoms with E-state index in [9.17, 15) is 0 Å². The Kier molecular flexibility index (Phi) is 5.64. The van der Waals surface area contributed by atoms with E-state index in [0.717, 1.165) is 17.9 Å². The van der Waals surface area contributed by atoms with Gasteiger partial charge in [0.25, 0.3) is 0 Å². The zero-order valence-electron chi connectivity index (χ0n) is 11.2. The first kappa shape index (κ1) is 13.7. The zero-order chi connectivity index (χ0) is 12.7. The monoisotopic (exact) mass is 230 g/mol. The van der Waals surface area contributed by atoms with Crippen LogP contribution in [0, 0.1) is 0 Å². The third-order valence-electron chi connectivity index (χ3n) is 2.56. The summed E-state index contributed by atoms with van der Waals surface area (Å²) in [5, 5.41) is 3.36. The quantitative estimate of drug-likeness (QED) is 0.766. The third kappa shape index (κ3) is 5.45. The van der Waals surface area contributed by atoms with Crippen LogP contribution in [0.3, 0.4) is 0 Å². The lowest BCUT2D eigenvalue weighted by Gasteiger charge is -2.06. The Morgan fingerprint density at radius 3 is 2.47 bits per heavy atom. The van der Waals surface area contributed by atoms with E-state index in [4.69, 9.17) is 0 Å². The van der Waals surface area contributed by atoms with Crippen molar-refractivity contribution in [1.82, 2.24) is 5.32 Å². The number of benzene rings is 1. The Morgan fingerprint density at radius 2 is 1.88 bits per heavy atom. The van der Waals surface area contributed by atoms with Crippen LogP contribution in [0.2, 0.25) is 0 Å². The van der Waals surface area contributed by atoms with Crippen molar-refractivity contribution in [3.05, 3.63) is 42.0 Å². The predicted octanol–water partition coefficient (Wildman–Crippen LogP) is 3.72. The molecule has 0 spiro atoms. The molecule has 0 atom stereocenters. The van der Waals surface area contributed by atoms with E-state index in [2.05, 4.69) is 37.2 Å². The second-order valence-electron chi connectivity index (χ2n) is 4.48. The summed E-state index contributed by atoms with van der Waals surface area (Å²) in [5.41, 5.74) is 3.30. The molecule has 92 valence electrons. The molecule has 2 nitrogen and oxygen atoms in total. The van der Waals surface area contributed by atoms with Gasteiger partial charge < -0.3 is 5.32 Å². The molecule has 1 aromatic rings. The number of hydrogen-bond donors (Lipinski definition) is 1. The summed E-state index contributed by atoms with van der Waals surface area (Å²) in [7, 11) is 0. The van der Waals surface area contributed by atoms with Crippen LogP contribution in [-0.2, 0) is 0 Å². The fourth-order valence-electron chi connectivity index (χ4n) is 1.38. The number of aliphatic imine (C=N–C) groups is 1. The van der Waals surface area contributed by atoms with Gasteiger partial charge in [0.05, 0.1) is 5.69 Å². The van der Waals surface area contributed by atoms with E-state index < -0.39 is 0 Å². The minimum absolute atomic E-state index is 0.519. The summed E-state index contributed by atoms with van der Waals surface area (Å²) in [4.78, 5) is 4.58. The number of hydrogen-bond acceptors (Lipinski definition) is 2. The average molecular weight is 230 g/mol. The Balaban J connectivity index is 2.63. The molecule has 0 aliphatic carbocycles. The van der Waals surface area contributed by atoms with Crippen molar-refractivity contribution in [2.75, 3.05) is 6.54 Å². The summed E-state index contributed by atoms with van der Waals surface area (Å²) in [5.74, 6) is 0. The van der Waals surface area contributed by atoms with Gasteiger partial charge in [-0.25, -0.2) is 0 Å². The predicted molar refractivity (Wildman–Crippen MR) is 76.1 cm³/mol. The van der Waals surface area contributed by atoms with Gasteiger partial charge in [-0.1, -0.05) is 38.1 Å². The molecule has 0 aliphatic heterocycles. The van der Waals surface area contributed by atoms with Crippen LogP contribution in [0.1, 0.15) is 27.7 Å². The average Bonchev–Trinajstić information content (AvgIpc) is 2.29. The molecule has 17 heavy (non-hydrogen) atoms. The lowest BCUT2D eigenvalue weighted by molar-refractivity contribution is 0.632. The van der Waals surface area contributed by atoms with E-state index in [1.807, 2.05) is 37.3 Å². The topological polar surface area (TPSA) is 24.4 Å². The molecule has 1 rings (SSSR count). The Morgan fingerprint density at radius 1 is 1.24 bits per heavy atom. The Bertz CT molecular complexity index is 389. The largest absolute Gasteiger partial charge is 0.311 e. The highest BCUT2D eigenvalue weighted by atomic mass is 14.9. The molecule has 0 radical (unpaired) electrons. The van der Waals surface area contributed by atoms with Gasteiger partial charge >= 0.3 is 0 Å². The number of nitrogens with zero attached hydrogens (tertiary/aromatic N) is 1. The number of para-hydroxylation sites is 1. The molecule has 0 unspecified atom stereocenters. The molecule has 0 bridgehead atoms. The van der Waals surface area contributed by atoms with Gasteiger partial charge in [-0.05, 0) is 31.6 Å². The zero-order valence-corrected chi connectivity index (χ0v) is 11.2. The van der Waals surface area contributed by atoms with E-state index in [1.165, 1.54) is 5.57 Å². The molecule has 2 heteroatoms. The molecule has 0 heterocycles. The van der Waals surface area contributed by atoms with Crippen LogP contribution >= 0.6 is 0 Å². The summed E-state index contributed by atoms with van der Waals surface area (Å²) in [6.45, 7) is 9.34. The summed E-state index contributed by atoms with van der Waals surface area (Å²) in [6, 6.07) is 10.6. The van der Waals surface area contributed by atoms with Crippen LogP contribution in [0.15, 0.2) is 47.0 Å². The van der Waals surface area contributed by atoms with Gasteiger partial charge in [-0.15, -0.1) is 0 Å². The van der Waals surface area contributed by atoms with Crippen LogP contribution in [0.4, 0.5) is 5.69 Å². The highest BCUT2D eigenvalue weighted by molar-refractivity contribution is 5.99. The SMILES string of the molecule is CC(=CCNC(C)C)C(C)=Nc1ccccc1. The lowest BCUT2D eigenvalue weighted by atomic mass is 10.2. The Hall–Kier alpha value is -1.41. The molecule has 1 N–H and O–H groups in total. The van der Waals surface area contributed by atoms with Crippen LogP contribution < -0.4 is 5.32 Å². The van der Waals surface area contributed by atoms with Crippen molar-refractivity contribution in [3.63, 3.8) is 0 Å². The van der Waals surface area contributed by atoms with Crippen molar-refractivity contribution >= 4 is 11.4 Å². The van der Waals surface area contributed by atoms with Gasteiger partial charge in [0, 0.05) is 18.3 Å². The molecule has 0 fully saturated rings. The van der Waals surface area contributed by atoms with E-state index in [-0.39, 0.29) is 0 Å². The number of rotatable bonds is 5. The number of allylic oxidation sites excluding steroid dienone is 1. The fourth-order valence-corrected chi connectivity index (χ4v) is 1.38. The second kappa shape index (κ2) is 7.02. The molecule has 0 aromatic heterocycles. The lowest BCUT2D eigenvalue weighted by Crippen LogP contribution is -2.22. The van der Waals surface area contributed by atoms with Crippen LogP contribution in [0.25, 0.3) is 0 Å². The first-order valence-corrected chi connectivity index (χ1v) is 6.10. The fraction of sp³-hybridized carbons (Fsp3) is 0.400. The molecule has 0 aliphatic rings. The maximum atomic E-state index is 4.58. The molecular weight excluding hydrogens is 208 g/mol. The maximum absolute atomic E-state index is 4.58. The van der Waals surface area contributed by atoms with Crippen molar-refractivity contribution < 1.29 is 0 Å². The molecule has 0 amide bonds. The molecular formula is C15H22N2. The minimum Gasteiger partial charge on any atom is -0.311 e. The van der Waals surface area contributed by atoms with Gasteiger partial charge in [-0.3, -0.25) is 4.99 Å². The molecule has 1 aromatic carbocycles. The van der Waals surface area contributed by atoms with Crippen molar-refractivity contribution in [1.29, 1.82) is 0 Å². The third-order valence-corrected chi connectivity index (χ3v) is 2.56. The van der Waals surface area contributed by atoms with E-state index in [1.54, 1.807) is 0 Å². The highest BCUT2D eigenvalue weighted by Crippen LogP contribution is 2.12. The highest BCUT2D eigenvalue weighted by Gasteiger charge is 1.96. The summed E-state index contributed by atoms with van der Waals surface area (Å²) < 4.78 is 0. The number of nitrogens with one attached hydrogen (secondary N) is 1. The van der Waals surface area contributed by atoms with Crippen LogP contribution in [-0.4, -0.2) is 18.3 Å². The van der Waals surface area contributed by atoms with E-state index in [0.29, 0.717) is 6.04 Å². The van der Waals surface area contributed by atoms with Gasteiger partial charge in [-0.2, -0.15) is 0 Å². The second-order valence-corrected chi connectivity index (χ2v) is 4.48. The van der Waals surface area contributed by atoms with Crippen molar-refractivity contribution in [2.45, 2.75) is 33.7 Å². The summed E-state index contributed by atoms with van der Waals surface area (Å²) in [6.07, 6.45) is 2.18. The minimum atomic E-state index is 0.519. The molecule has 0 saturated carbocycles. The van der Waals surface area contributed by atoms with Crippen molar-refractivity contribution in [2.24, 2.45) is 4.99 Å². The maximum Gasteiger partial charge on any atom is 0.0632 e. The van der Waals surface area contributed by atoms with Gasteiger partial charge in [0.1, 0.15) is 0 Å². The molecule has 0 saturated heterocycles. The van der Waals surface area contributed by atoms with Gasteiger partial charge in [0.15, 0.2) is 0 Å².